The minimum atomic E-state index is -0.589. The Bertz CT molecular complexity index is 967. The number of rotatable bonds is 5. The molecule has 1 aromatic rings. The summed E-state index contributed by atoms with van der Waals surface area (Å²) in [5, 5.41) is 5.99. The molecule has 2 aliphatic rings. The van der Waals surface area contributed by atoms with Gasteiger partial charge in [-0.05, 0) is 46.6 Å². The molecule has 1 unspecified atom stereocenters. The first kappa shape index (κ1) is 26.5. The fraction of sp³-hybridized carbons (Fsp3) is 0.577. The molecule has 0 spiro atoms. The lowest BCUT2D eigenvalue weighted by molar-refractivity contribution is -0.139. The number of carbonyl (C=O) groups is 3. The van der Waals surface area contributed by atoms with E-state index in [1.165, 1.54) is 4.90 Å². The van der Waals surface area contributed by atoms with Gasteiger partial charge in [-0.15, -0.1) is 0 Å². The number of urea groups is 2. The second-order valence-corrected chi connectivity index (χ2v) is 10.2. The number of esters is 1. The van der Waals surface area contributed by atoms with E-state index in [-0.39, 0.29) is 24.2 Å². The third kappa shape index (κ3) is 6.75. The molecule has 4 amide bonds. The highest BCUT2D eigenvalue weighted by Gasteiger charge is 2.37. The molecule has 1 fully saturated rings. The maximum Gasteiger partial charge on any atom is 0.338 e. The minimum Gasteiger partial charge on any atom is -0.463 e. The van der Waals surface area contributed by atoms with E-state index in [1.54, 1.807) is 14.0 Å². The van der Waals surface area contributed by atoms with Crippen LogP contribution in [0.4, 0.5) is 9.59 Å². The number of amides is 4. The van der Waals surface area contributed by atoms with E-state index in [0.717, 1.165) is 24.1 Å². The first-order valence-corrected chi connectivity index (χ1v) is 12.3. The van der Waals surface area contributed by atoms with E-state index < -0.39 is 12.0 Å². The monoisotopic (exact) mass is 485 g/mol. The molecule has 2 N–H and O–H groups in total. The second-order valence-electron chi connectivity index (χ2n) is 10.2. The molecule has 0 aliphatic carbocycles. The van der Waals surface area contributed by atoms with Crippen LogP contribution in [-0.4, -0.2) is 84.6 Å². The molecule has 1 saturated heterocycles. The number of nitrogens with one attached hydrogen (secondary N) is 2. The summed E-state index contributed by atoms with van der Waals surface area (Å²) >= 11 is 0. The molecule has 0 radical (unpaired) electrons. The second kappa shape index (κ2) is 11.1. The van der Waals surface area contributed by atoms with Crippen molar-refractivity contribution in [1.29, 1.82) is 0 Å². The Balaban J connectivity index is 1.87. The highest BCUT2D eigenvalue weighted by Crippen LogP contribution is 2.31. The summed E-state index contributed by atoms with van der Waals surface area (Å²) in [5.41, 5.74) is 2.71. The van der Waals surface area contributed by atoms with Gasteiger partial charge in [0.05, 0.1) is 18.2 Å². The number of hydrogen-bond acceptors (Lipinski definition) is 5. The number of ether oxygens (including phenoxy) is 1. The molecule has 0 saturated carbocycles. The molecule has 0 aromatic heterocycles. The van der Waals surface area contributed by atoms with Crippen molar-refractivity contribution in [3.8, 4) is 0 Å². The highest BCUT2D eigenvalue weighted by atomic mass is 16.5. The first-order valence-electron chi connectivity index (χ1n) is 12.3. The van der Waals surface area contributed by atoms with Crippen LogP contribution >= 0.6 is 0 Å². The van der Waals surface area contributed by atoms with Crippen molar-refractivity contribution in [3.63, 3.8) is 0 Å². The Morgan fingerprint density at radius 2 is 1.80 bits per heavy atom. The van der Waals surface area contributed by atoms with Crippen molar-refractivity contribution in [2.75, 3.05) is 46.4 Å². The Labute approximate surface area is 208 Å². The van der Waals surface area contributed by atoms with E-state index in [0.29, 0.717) is 37.4 Å². The van der Waals surface area contributed by atoms with Crippen molar-refractivity contribution in [1.82, 2.24) is 25.3 Å². The number of hydrogen-bond donors (Lipinski definition) is 2. The summed E-state index contributed by atoms with van der Waals surface area (Å²) in [5.74, 6) is -0.430. The van der Waals surface area contributed by atoms with Crippen LogP contribution in [0, 0.1) is 6.92 Å². The third-order valence-electron chi connectivity index (χ3n) is 6.21. The zero-order valence-corrected chi connectivity index (χ0v) is 21.8. The van der Waals surface area contributed by atoms with E-state index in [9.17, 15) is 14.4 Å². The van der Waals surface area contributed by atoms with Gasteiger partial charge in [0.15, 0.2) is 0 Å². The standard InChI is InChI=1S/C26H39N5O4/c1-7-35-23(32)21-20(29(6)24(33)27-22(21)19-11-9-18(2)10-12-19)17-30-13-8-14-31(16-15-30)25(34)28-26(3,4)5/h9-12,22H,7-8,13-17H2,1-6H3,(H,27,33)(H,28,34). The lowest BCUT2D eigenvalue weighted by Crippen LogP contribution is -2.50. The zero-order valence-electron chi connectivity index (χ0n) is 21.8. The molecule has 9 nitrogen and oxygen atoms in total. The van der Waals surface area contributed by atoms with Crippen LogP contribution in [0.25, 0.3) is 0 Å². The van der Waals surface area contributed by atoms with Gasteiger partial charge in [0.1, 0.15) is 0 Å². The fourth-order valence-electron chi connectivity index (χ4n) is 4.35. The van der Waals surface area contributed by atoms with Gasteiger partial charge in [0, 0.05) is 51.0 Å². The predicted molar refractivity (Wildman–Crippen MR) is 135 cm³/mol. The summed E-state index contributed by atoms with van der Waals surface area (Å²) < 4.78 is 5.42. The number of likely N-dealkylation sites (N-methyl/N-ethyl adjacent to an activating group) is 1. The van der Waals surface area contributed by atoms with Crippen molar-refractivity contribution in [2.24, 2.45) is 0 Å². The topological polar surface area (TPSA) is 94.2 Å². The van der Waals surface area contributed by atoms with Crippen LogP contribution < -0.4 is 10.6 Å². The van der Waals surface area contributed by atoms with Gasteiger partial charge in [0.2, 0.25) is 0 Å². The lowest BCUT2D eigenvalue weighted by Gasteiger charge is -2.36. The molecular weight excluding hydrogens is 446 g/mol. The fourth-order valence-corrected chi connectivity index (χ4v) is 4.35. The smallest absolute Gasteiger partial charge is 0.338 e. The molecule has 3 rings (SSSR count). The maximum absolute atomic E-state index is 13.2. The van der Waals surface area contributed by atoms with Crippen LogP contribution in [0.2, 0.25) is 0 Å². The van der Waals surface area contributed by atoms with Gasteiger partial charge in [-0.2, -0.15) is 0 Å². The van der Waals surface area contributed by atoms with Gasteiger partial charge in [-0.1, -0.05) is 29.8 Å². The van der Waals surface area contributed by atoms with Crippen molar-refractivity contribution in [2.45, 2.75) is 52.6 Å². The summed E-state index contributed by atoms with van der Waals surface area (Å²) in [6.07, 6.45) is 0.802. The number of carbonyl (C=O) groups excluding carboxylic acids is 3. The minimum absolute atomic E-state index is 0.0700. The molecule has 0 bridgehead atoms. The Hall–Kier alpha value is -3.07. The Kier molecular flexibility index (Phi) is 8.43. The molecule has 35 heavy (non-hydrogen) atoms. The summed E-state index contributed by atoms with van der Waals surface area (Å²) in [7, 11) is 1.68. The number of nitrogens with zero attached hydrogens (tertiary/aromatic N) is 3. The van der Waals surface area contributed by atoms with Crippen LogP contribution in [-0.2, 0) is 9.53 Å². The number of aryl methyl sites for hydroxylation is 1. The van der Waals surface area contributed by atoms with Gasteiger partial charge in [-0.3, -0.25) is 9.80 Å². The van der Waals surface area contributed by atoms with Crippen LogP contribution in [0.1, 0.15) is 51.3 Å². The molecule has 2 aliphatic heterocycles. The molecule has 1 atom stereocenters. The first-order chi connectivity index (χ1) is 16.5. The largest absolute Gasteiger partial charge is 0.463 e. The van der Waals surface area contributed by atoms with E-state index in [4.69, 9.17) is 4.74 Å². The average Bonchev–Trinajstić information content (AvgIpc) is 3.02. The van der Waals surface area contributed by atoms with Crippen molar-refractivity contribution >= 4 is 18.0 Å². The maximum atomic E-state index is 13.2. The zero-order chi connectivity index (χ0) is 25.8. The van der Waals surface area contributed by atoms with Crippen LogP contribution in [0.15, 0.2) is 35.5 Å². The highest BCUT2D eigenvalue weighted by molar-refractivity contribution is 5.95. The summed E-state index contributed by atoms with van der Waals surface area (Å²) in [6.45, 7) is 12.9. The molecule has 1 aromatic carbocycles. The lowest BCUT2D eigenvalue weighted by atomic mass is 9.93. The van der Waals surface area contributed by atoms with Gasteiger partial charge >= 0.3 is 18.0 Å². The van der Waals surface area contributed by atoms with Crippen molar-refractivity contribution < 1.29 is 19.1 Å². The van der Waals surface area contributed by atoms with E-state index in [2.05, 4.69) is 15.5 Å². The average molecular weight is 486 g/mol. The normalized spacial score (nSPS) is 19.8. The summed E-state index contributed by atoms with van der Waals surface area (Å²) in [6, 6.07) is 6.87. The molecule has 192 valence electrons. The quantitative estimate of drug-likeness (QED) is 0.626. The van der Waals surface area contributed by atoms with E-state index in [1.807, 2.05) is 56.9 Å². The Morgan fingerprint density at radius 3 is 2.43 bits per heavy atom. The van der Waals surface area contributed by atoms with Gasteiger partial charge in [-0.25, -0.2) is 14.4 Å². The van der Waals surface area contributed by atoms with Gasteiger partial charge < -0.3 is 20.3 Å². The summed E-state index contributed by atoms with van der Waals surface area (Å²) in [4.78, 5) is 44.3. The molecule has 9 heteroatoms. The van der Waals surface area contributed by atoms with Gasteiger partial charge in [0.25, 0.3) is 0 Å². The van der Waals surface area contributed by atoms with E-state index >= 15 is 0 Å². The Morgan fingerprint density at radius 1 is 1.11 bits per heavy atom. The van der Waals surface area contributed by atoms with Crippen LogP contribution in [0.5, 0.6) is 0 Å². The predicted octanol–water partition coefficient (Wildman–Crippen LogP) is 3.02. The molecular formula is C26H39N5O4. The van der Waals surface area contributed by atoms with Crippen molar-refractivity contribution in [3.05, 3.63) is 46.7 Å². The van der Waals surface area contributed by atoms with Crippen LogP contribution in [0.3, 0.4) is 0 Å². The molecule has 2 heterocycles. The number of benzene rings is 1. The third-order valence-corrected chi connectivity index (χ3v) is 6.21. The SMILES string of the molecule is CCOC(=O)C1=C(CN2CCCN(C(=O)NC(C)(C)C)CC2)N(C)C(=O)NC1c1ccc(C)cc1.